The largest absolute Gasteiger partial charge is 0.351 e. The predicted octanol–water partition coefficient (Wildman–Crippen LogP) is 4.89. The SMILES string of the molecule is CCCCN1C(=O)c2cc3ccccc3n2C[C@]1(C)C(=O)NC1CCCCCCC1. The van der Waals surface area contributed by atoms with Crippen molar-refractivity contribution in [1.82, 2.24) is 14.8 Å². The van der Waals surface area contributed by atoms with Gasteiger partial charge in [0.2, 0.25) is 5.91 Å². The van der Waals surface area contributed by atoms with Crippen molar-refractivity contribution >= 4 is 22.7 Å². The van der Waals surface area contributed by atoms with Crippen LogP contribution < -0.4 is 5.32 Å². The van der Waals surface area contributed by atoms with Gasteiger partial charge in [-0.05, 0) is 38.3 Å². The zero-order valence-corrected chi connectivity index (χ0v) is 18.5. The molecule has 0 unspecified atom stereocenters. The number of fused-ring (bicyclic) bond motifs is 3. The molecule has 1 saturated carbocycles. The third-order valence-electron chi connectivity index (χ3n) is 7.00. The van der Waals surface area contributed by atoms with Gasteiger partial charge in [0.1, 0.15) is 11.2 Å². The van der Waals surface area contributed by atoms with Crippen LogP contribution >= 0.6 is 0 Å². The first-order valence-electron chi connectivity index (χ1n) is 11.8. The molecule has 2 aromatic rings. The third kappa shape index (κ3) is 3.86. The zero-order chi connectivity index (χ0) is 21.1. The zero-order valence-electron chi connectivity index (χ0n) is 18.5. The van der Waals surface area contributed by atoms with Crippen molar-refractivity contribution in [3.05, 3.63) is 36.0 Å². The predicted molar refractivity (Wildman–Crippen MR) is 121 cm³/mol. The van der Waals surface area contributed by atoms with Gasteiger partial charge in [-0.1, -0.05) is 63.6 Å². The molecular weight excluding hydrogens is 374 g/mol. The van der Waals surface area contributed by atoms with E-state index >= 15 is 0 Å². The summed E-state index contributed by atoms with van der Waals surface area (Å²) in [5.74, 6) is -0.0258. The highest BCUT2D eigenvalue weighted by Gasteiger charge is 2.47. The molecule has 2 amide bonds. The maximum Gasteiger partial charge on any atom is 0.271 e. The number of carbonyl (C=O) groups is 2. The van der Waals surface area contributed by atoms with Crippen molar-refractivity contribution < 1.29 is 9.59 Å². The first kappa shape index (κ1) is 21.0. The summed E-state index contributed by atoms with van der Waals surface area (Å²) in [6, 6.07) is 10.3. The molecule has 0 spiro atoms. The fraction of sp³-hybridized carbons (Fsp3) is 0.600. The molecule has 5 nitrogen and oxygen atoms in total. The molecule has 1 aromatic heterocycles. The van der Waals surface area contributed by atoms with Crippen molar-refractivity contribution in [1.29, 1.82) is 0 Å². The number of para-hydroxylation sites is 1. The molecule has 2 aliphatic rings. The minimum absolute atomic E-state index is 0.000887. The monoisotopic (exact) mass is 409 g/mol. The van der Waals surface area contributed by atoms with E-state index in [4.69, 9.17) is 0 Å². The Bertz CT molecular complexity index is 910. The number of unbranched alkanes of at least 4 members (excludes halogenated alkanes) is 1. The lowest BCUT2D eigenvalue weighted by Crippen LogP contribution is -2.65. The number of aromatic nitrogens is 1. The Hall–Kier alpha value is -2.30. The molecule has 162 valence electrons. The van der Waals surface area contributed by atoms with E-state index in [1.165, 1.54) is 32.1 Å². The van der Waals surface area contributed by atoms with E-state index in [0.717, 1.165) is 36.6 Å². The van der Waals surface area contributed by atoms with Gasteiger partial charge in [-0.3, -0.25) is 9.59 Å². The van der Waals surface area contributed by atoms with Crippen LogP contribution in [0.4, 0.5) is 0 Å². The molecule has 4 rings (SSSR count). The summed E-state index contributed by atoms with van der Waals surface area (Å²) in [6.45, 7) is 5.20. The molecule has 0 bridgehead atoms. The minimum Gasteiger partial charge on any atom is -0.351 e. The van der Waals surface area contributed by atoms with Crippen LogP contribution in [0.25, 0.3) is 10.9 Å². The van der Waals surface area contributed by atoms with Crippen LogP contribution in [0, 0.1) is 0 Å². The van der Waals surface area contributed by atoms with Gasteiger partial charge in [-0.2, -0.15) is 0 Å². The van der Waals surface area contributed by atoms with Crippen molar-refractivity contribution in [2.24, 2.45) is 0 Å². The molecule has 0 saturated heterocycles. The van der Waals surface area contributed by atoms with E-state index < -0.39 is 5.54 Å². The summed E-state index contributed by atoms with van der Waals surface area (Å²) in [7, 11) is 0. The second-order valence-electron chi connectivity index (χ2n) is 9.27. The average Bonchev–Trinajstić information content (AvgIpc) is 3.08. The standard InChI is InChI=1S/C25H35N3O2/c1-3-4-16-28-23(29)22-17-19-12-10-11-15-21(19)27(22)18-25(28,2)24(30)26-20-13-8-6-5-7-9-14-20/h10-12,15,17,20H,3-9,13-14,16,18H2,1-2H3,(H,26,30)/t25-/m1/s1. The number of amides is 2. The van der Waals surface area contributed by atoms with E-state index in [9.17, 15) is 9.59 Å². The fourth-order valence-electron chi connectivity index (χ4n) is 5.11. The molecule has 2 heterocycles. The number of carbonyl (C=O) groups excluding carboxylic acids is 2. The molecule has 1 aliphatic carbocycles. The highest BCUT2D eigenvalue weighted by atomic mass is 16.2. The van der Waals surface area contributed by atoms with Gasteiger partial charge in [0.15, 0.2) is 0 Å². The Labute approximate surface area is 179 Å². The molecule has 5 heteroatoms. The van der Waals surface area contributed by atoms with Crippen LogP contribution in [0.3, 0.4) is 0 Å². The van der Waals surface area contributed by atoms with Crippen LogP contribution in [-0.2, 0) is 11.3 Å². The maximum atomic E-state index is 13.7. The lowest BCUT2D eigenvalue weighted by atomic mass is 9.92. The Balaban J connectivity index is 1.65. The average molecular weight is 410 g/mol. The van der Waals surface area contributed by atoms with Gasteiger partial charge in [-0.25, -0.2) is 0 Å². The minimum atomic E-state index is -0.872. The Morgan fingerprint density at radius 2 is 1.83 bits per heavy atom. The maximum absolute atomic E-state index is 13.7. The lowest BCUT2D eigenvalue weighted by molar-refractivity contribution is -0.133. The molecule has 1 fully saturated rings. The summed E-state index contributed by atoms with van der Waals surface area (Å²) in [5.41, 5.74) is 0.855. The lowest BCUT2D eigenvalue weighted by Gasteiger charge is -2.44. The Kier molecular flexibility index (Phi) is 6.16. The molecular formula is C25H35N3O2. The summed E-state index contributed by atoms with van der Waals surface area (Å²) >= 11 is 0. The third-order valence-corrected chi connectivity index (χ3v) is 7.00. The van der Waals surface area contributed by atoms with Crippen molar-refractivity contribution in [3.63, 3.8) is 0 Å². The second-order valence-corrected chi connectivity index (χ2v) is 9.27. The number of rotatable bonds is 5. The summed E-state index contributed by atoms with van der Waals surface area (Å²) in [4.78, 5) is 29.0. The van der Waals surface area contributed by atoms with Crippen molar-refractivity contribution in [3.8, 4) is 0 Å². The molecule has 30 heavy (non-hydrogen) atoms. The van der Waals surface area contributed by atoms with E-state index in [1.54, 1.807) is 0 Å². The molecule has 1 aliphatic heterocycles. The molecule has 1 aromatic carbocycles. The topological polar surface area (TPSA) is 54.3 Å². The van der Waals surface area contributed by atoms with E-state index in [1.807, 2.05) is 42.2 Å². The van der Waals surface area contributed by atoms with Crippen LogP contribution in [0.2, 0.25) is 0 Å². The van der Waals surface area contributed by atoms with Crippen LogP contribution in [0.1, 0.15) is 82.1 Å². The number of hydrogen-bond acceptors (Lipinski definition) is 2. The summed E-state index contributed by atoms with van der Waals surface area (Å²) in [5, 5.41) is 4.41. The number of benzene rings is 1. The van der Waals surface area contributed by atoms with Gasteiger partial charge in [-0.15, -0.1) is 0 Å². The summed E-state index contributed by atoms with van der Waals surface area (Å²) in [6.07, 6.45) is 10.1. The van der Waals surface area contributed by atoms with Crippen LogP contribution in [-0.4, -0.2) is 39.4 Å². The van der Waals surface area contributed by atoms with E-state index in [-0.39, 0.29) is 17.9 Å². The fourth-order valence-corrected chi connectivity index (χ4v) is 5.11. The first-order chi connectivity index (χ1) is 14.5. The van der Waals surface area contributed by atoms with Gasteiger partial charge in [0, 0.05) is 23.5 Å². The van der Waals surface area contributed by atoms with Crippen LogP contribution in [0.5, 0.6) is 0 Å². The summed E-state index contributed by atoms with van der Waals surface area (Å²) < 4.78 is 2.05. The van der Waals surface area contributed by atoms with Crippen LogP contribution in [0.15, 0.2) is 30.3 Å². The van der Waals surface area contributed by atoms with Gasteiger partial charge in [0.25, 0.3) is 5.91 Å². The quantitative estimate of drug-likeness (QED) is 0.765. The van der Waals surface area contributed by atoms with Crippen molar-refractivity contribution in [2.75, 3.05) is 6.54 Å². The van der Waals surface area contributed by atoms with E-state index in [2.05, 4.69) is 16.8 Å². The molecule has 1 N–H and O–H groups in total. The first-order valence-corrected chi connectivity index (χ1v) is 11.8. The second kappa shape index (κ2) is 8.83. The highest BCUT2D eigenvalue weighted by molar-refractivity contribution is 6.03. The highest BCUT2D eigenvalue weighted by Crippen LogP contribution is 2.33. The normalized spacial score (nSPS) is 23.1. The number of nitrogens with zero attached hydrogens (tertiary/aromatic N) is 2. The van der Waals surface area contributed by atoms with Gasteiger partial charge in [0.05, 0.1) is 6.54 Å². The molecule has 1 atom stereocenters. The van der Waals surface area contributed by atoms with Crippen molar-refractivity contribution in [2.45, 2.75) is 89.8 Å². The van der Waals surface area contributed by atoms with E-state index in [0.29, 0.717) is 18.8 Å². The smallest absolute Gasteiger partial charge is 0.271 e. The number of hydrogen-bond donors (Lipinski definition) is 1. The number of nitrogens with one attached hydrogen (secondary N) is 1. The Morgan fingerprint density at radius 3 is 2.57 bits per heavy atom. The Morgan fingerprint density at radius 1 is 1.13 bits per heavy atom. The van der Waals surface area contributed by atoms with Gasteiger partial charge < -0.3 is 14.8 Å². The van der Waals surface area contributed by atoms with Gasteiger partial charge >= 0.3 is 0 Å². The molecule has 0 radical (unpaired) electrons.